The first-order chi connectivity index (χ1) is 8.48. The van der Waals surface area contributed by atoms with Gasteiger partial charge >= 0.3 is 0 Å². The van der Waals surface area contributed by atoms with Crippen molar-refractivity contribution in [3.05, 3.63) is 28.3 Å². The van der Waals surface area contributed by atoms with Gasteiger partial charge in [0.25, 0.3) is 0 Å². The summed E-state index contributed by atoms with van der Waals surface area (Å²) in [6, 6.07) is 2.05. The number of hydrogen-bond acceptors (Lipinski definition) is 2. The Morgan fingerprint density at radius 3 is 2.67 bits per heavy atom. The molecule has 3 nitrogen and oxygen atoms in total. The maximum absolute atomic E-state index is 11.8. The first-order valence-corrected chi connectivity index (χ1v) is 8.16. The van der Waals surface area contributed by atoms with E-state index in [4.69, 9.17) is 4.78 Å². The van der Waals surface area contributed by atoms with E-state index < -0.39 is 10.0 Å². The summed E-state index contributed by atoms with van der Waals surface area (Å²) in [6.07, 6.45) is 6.67. The van der Waals surface area contributed by atoms with Gasteiger partial charge in [0.05, 0.1) is 4.90 Å². The Hall–Kier alpha value is -0.870. The third-order valence-electron chi connectivity index (χ3n) is 4.36. The fourth-order valence-corrected chi connectivity index (χ4v) is 4.85. The number of aryl methyl sites for hydroxylation is 2. The lowest BCUT2D eigenvalue weighted by Gasteiger charge is -2.34. The molecule has 0 amide bonds. The highest BCUT2D eigenvalue weighted by atomic mass is 32.2. The zero-order valence-electron chi connectivity index (χ0n) is 10.7. The third-order valence-corrected chi connectivity index (χ3v) is 5.48. The van der Waals surface area contributed by atoms with Crippen LogP contribution in [0.15, 0.2) is 11.0 Å². The van der Waals surface area contributed by atoms with Crippen LogP contribution in [0.1, 0.15) is 53.9 Å². The molecule has 2 aliphatic carbocycles. The summed E-state index contributed by atoms with van der Waals surface area (Å²) in [6.45, 7) is 1.87. The van der Waals surface area contributed by atoms with Gasteiger partial charge in [0.1, 0.15) is 0 Å². The van der Waals surface area contributed by atoms with Crippen LogP contribution in [0.3, 0.4) is 0 Å². The van der Waals surface area contributed by atoms with Crippen LogP contribution < -0.4 is 0 Å². The summed E-state index contributed by atoms with van der Waals surface area (Å²) < 4.78 is 29.1. The van der Waals surface area contributed by atoms with E-state index >= 15 is 0 Å². The van der Waals surface area contributed by atoms with Gasteiger partial charge in [0.2, 0.25) is 0 Å². The van der Waals surface area contributed by atoms with Crippen LogP contribution in [0.25, 0.3) is 0 Å². The number of rotatable bonds is 1. The predicted molar refractivity (Wildman–Crippen MR) is 71.6 cm³/mol. The molecule has 0 aliphatic heterocycles. The molecule has 2 atom stereocenters. The van der Waals surface area contributed by atoms with Crippen molar-refractivity contribution in [3.8, 4) is 0 Å². The summed E-state index contributed by atoms with van der Waals surface area (Å²) in [5, 5.41) is 0. The number of hydrogen-bond donors (Lipinski definition) is 2. The Kier molecular flexibility index (Phi) is 2.75. The summed E-state index contributed by atoms with van der Waals surface area (Å²) in [7, 11) is -3.60. The standard InChI is InChI=1S/C14H19NO2S/c1-9-8-11-6-2-4-10-5-3-7-12(13(10)11)14(9)18(15,16)17/h8,10H,2-7H2,1H3,(H2,15,16,17). The molecule has 0 heterocycles. The van der Waals surface area contributed by atoms with Crippen LogP contribution in [0.5, 0.6) is 0 Å². The largest absolute Gasteiger partial charge is 0.297 e. The maximum atomic E-state index is 11.8. The van der Waals surface area contributed by atoms with Crippen LogP contribution in [0.2, 0.25) is 0 Å². The SMILES string of the molecule is Cc1cc2c3c(c1S(=N)(=O)O)CCCC3CCC2. The second-order valence-corrected chi connectivity index (χ2v) is 7.04. The molecule has 4 heteroatoms. The molecule has 3 rings (SSSR count). The Morgan fingerprint density at radius 2 is 2.00 bits per heavy atom. The molecular weight excluding hydrogens is 246 g/mol. The van der Waals surface area contributed by atoms with Crippen molar-refractivity contribution < 1.29 is 8.76 Å². The molecular formula is C14H19NO2S. The van der Waals surface area contributed by atoms with E-state index in [0.717, 1.165) is 30.4 Å². The molecule has 0 aromatic heterocycles. The van der Waals surface area contributed by atoms with Gasteiger partial charge in [-0.3, -0.25) is 4.55 Å². The van der Waals surface area contributed by atoms with E-state index in [2.05, 4.69) is 6.07 Å². The lowest BCUT2D eigenvalue weighted by molar-refractivity contribution is 0.469. The summed E-state index contributed by atoms with van der Waals surface area (Å²) in [5.41, 5.74) is 4.55. The van der Waals surface area contributed by atoms with E-state index in [1.54, 1.807) is 0 Å². The first-order valence-electron chi connectivity index (χ1n) is 6.65. The van der Waals surface area contributed by atoms with Gasteiger partial charge in [-0.2, -0.15) is 0 Å². The minimum Gasteiger partial charge on any atom is -0.297 e. The molecule has 0 bridgehead atoms. The topological polar surface area (TPSA) is 61.2 Å². The average Bonchev–Trinajstić information content (AvgIpc) is 2.27. The quantitative estimate of drug-likeness (QED) is 0.814. The monoisotopic (exact) mass is 265 g/mol. The minimum atomic E-state index is -3.60. The van der Waals surface area contributed by atoms with Crippen LogP contribution in [0.4, 0.5) is 0 Å². The van der Waals surface area contributed by atoms with E-state index in [-0.39, 0.29) is 0 Å². The van der Waals surface area contributed by atoms with Crippen molar-refractivity contribution in [2.24, 2.45) is 0 Å². The normalized spacial score (nSPS) is 25.3. The van der Waals surface area contributed by atoms with Crippen LogP contribution in [0, 0.1) is 11.7 Å². The Labute approximate surface area is 108 Å². The van der Waals surface area contributed by atoms with Crippen LogP contribution >= 0.6 is 0 Å². The third kappa shape index (κ3) is 1.79. The maximum Gasteiger partial charge on any atom is 0.188 e. The second-order valence-electron chi connectivity index (χ2n) is 5.58. The highest BCUT2D eigenvalue weighted by Crippen LogP contribution is 2.44. The molecule has 1 aromatic rings. The van der Waals surface area contributed by atoms with Crippen molar-refractivity contribution in [3.63, 3.8) is 0 Å². The summed E-state index contributed by atoms with van der Waals surface area (Å²) >= 11 is 0. The van der Waals surface area contributed by atoms with Crippen molar-refractivity contribution in [1.29, 1.82) is 4.78 Å². The molecule has 2 N–H and O–H groups in total. The molecule has 0 radical (unpaired) electrons. The van der Waals surface area contributed by atoms with Gasteiger partial charge in [0.15, 0.2) is 10.0 Å². The molecule has 0 saturated heterocycles. The van der Waals surface area contributed by atoms with E-state index in [1.807, 2.05) is 6.92 Å². The van der Waals surface area contributed by atoms with Gasteiger partial charge < -0.3 is 0 Å². The predicted octanol–water partition coefficient (Wildman–Crippen LogP) is 3.63. The highest BCUT2D eigenvalue weighted by molar-refractivity contribution is 7.87. The lowest BCUT2D eigenvalue weighted by atomic mass is 9.73. The zero-order chi connectivity index (χ0) is 12.9. The molecule has 18 heavy (non-hydrogen) atoms. The fraction of sp³-hybridized carbons (Fsp3) is 0.571. The molecule has 2 aliphatic rings. The van der Waals surface area contributed by atoms with Crippen LogP contribution in [-0.4, -0.2) is 8.76 Å². The highest BCUT2D eigenvalue weighted by Gasteiger charge is 2.31. The molecule has 2 unspecified atom stereocenters. The molecule has 0 fully saturated rings. The van der Waals surface area contributed by atoms with Gasteiger partial charge in [-0.05, 0) is 73.6 Å². The Morgan fingerprint density at radius 1 is 1.33 bits per heavy atom. The van der Waals surface area contributed by atoms with Crippen LogP contribution in [-0.2, 0) is 22.9 Å². The van der Waals surface area contributed by atoms with Gasteiger partial charge in [-0.15, -0.1) is 0 Å². The molecule has 0 saturated carbocycles. The van der Waals surface area contributed by atoms with E-state index in [9.17, 15) is 8.76 Å². The van der Waals surface area contributed by atoms with Crippen molar-refractivity contribution >= 4 is 10.0 Å². The fourth-order valence-electron chi connectivity index (χ4n) is 3.80. The first kappa shape index (κ1) is 12.2. The Balaban J connectivity index is 2.34. The number of nitrogens with one attached hydrogen (secondary N) is 1. The lowest BCUT2D eigenvalue weighted by Crippen LogP contribution is -2.20. The van der Waals surface area contributed by atoms with Gasteiger partial charge in [-0.1, -0.05) is 6.07 Å². The van der Waals surface area contributed by atoms with E-state index in [1.165, 1.54) is 30.4 Å². The van der Waals surface area contributed by atoms with Crippen molar-refractivity contribution in [2.45, 2.75) is 56.3 Å². The van der Waals surface area contributed by atoms with Crippen molar-refractivity contribution in [1.82, 2.24) is 0 Å². The second kappa shape index (κ2) is 4.07. The zero-order valence-corrected chi connectivity index (χ0v) is 11.5. The molecule has 98 valence electrons. The molecule has 1 aromatic carbocycles. The summed E-state index contributed by atoms with van der Waals surface area (Å²) in [4.78, 5) is 0.410. The minimum absolute atomic E-state index is 0.410. The summed E-state index contributed by atoms with van der Waals surface area (Å²) in [5.74, 6) is 0.568. The number of benzene rings is 1. The Bertz CT molecular complexity index is 603. The van der Waals surface area contributed by atoms with Gasteiger partial charge in [-0.25, -0.2) is 8.99 Å². The van der Waals surface area contributed by atoms with E-state index in [0.29, 0.717) is 10.8 Å². The smallest absolute Gasteiger partial charge is 0.188 e. The van der Waals surface area contributed by atoms with Crippen molar-refractivity contribution in [2.75, 3.05) is 0 Å². The average molecular weight is 265 g/mol. The van der Waals surface area contributed by atoms with Gasteiger partial charge in [0, 0.05) is 0 Å². The molecule has 0 spiro atoms.